The van der Waals surface area contributed by atoms with E-state index in [1.165, 1.54) is 0 Å². The molecule has 0 radical (unpaired) electrons. The quantitative estimate of drug-likeness (QED) is 0.570. The minimum absolute atomic E-state index is 0.0762. The van der Waals surface area contributed by atoms with Gasteiger partial charge in [-0.05, 0) is 27.2 Å². The highest BCUT2D eigenvalue weighted by Gasteiger charge is 2.22. The summed E-state index contributed by atoms with van der Waals surface area (Å²) >= 11 is 0. The summed E-state index contributed by atoms with van der Waals surface area (Å²) in [7, 11) is 0. The molecule has 0 aromatic carbocycles. The number of aliphatic hydroxyl groups excluding tert-OH is 1. The summed E-state index contributed by atoms with van der Waals surface area (Å²) in [6, 6.07) is 0. The van der Waals surface area contributed by atoms with E-state index in [2.05, 4.69) is 5.32 Å². The van der Waals surface area contributed by atoms with Crippen LogP contribution in [0.1, 0.15) is 34.1 Å². The van der Waals surface area contributed by atoms with Crippen LogP contribution in [0.2, 0.25) is 0 Å². The maximum absolute atomic E-state index is 9.64. The average molecular weight is 175 g/mol. The van der Waals surface area contributed by atoms with Crippen LogP contribution >= 0.6 is 0 Å². The molecule has 0 aliphatic carbocycles. The van der Waals surface area contributed by atoms with Crippen LogP contribution in [0.4, 0.5) is 0 Å². The Morgan fingerprint density at radius 2 is 1.75 bits per heavy atom. The van der Waals surface area contributed by atoms with Crippen LogP contribution in [0.15, 0.2) is 0 Å². The third kappa shape index (κ3) is 4.70. The summed E-state index contributed by atoms with van der Waals surface area (Å²) in [4.78, 5) is 0. The van der Waals surface area contributed by atoms with Crippen molar-refractivity contribution in [2.24, 2.45) is 0 Å². The third-order valence-electron chi connectivity index (χ3n) is 2.10. The van der Waals surface area contributed by atoms with Gasteiger partial charge >= 0.3 is 0 Å². The lowest BCUT2D eigenvalue weighted by molar-refractivity contribution is 0.0429. The molecule has 0 saturated heterocycles. The lowest BCUT2D eigenvalue weighted by Gasteiger charge is -2.29. The molecular weight excluding hydrogens is 154 g/mol. The second kappa shape index (κ2) is 4.21. The molecule has 74 valence electrons. The number of nitrogens with one attached hydrogen (secondary N) is 1. The Bertz CT molecular complexity index is 116. The molecule has 0 aromatic rings. The van der Waals surface area contributed by atoms with Crippen molar-refractivity contribution < 1.29 is 10.2 Å². The summed E-state index contributed by atoms with van der Waals surface area (Å²) in [6.45, 7) is 8.11. The van der Waals surface area contributed by atoms with Gasteiger partial charge in [-0.25, -0.2) is 0 Å². The van der Waals surface area contributed by atoms with E-state index in [-0.39, 0.29) is 12.1 Å². The van der Waals surface area contributed by atoms with Gasteiger partial charge in [0.25, 0.3) is 0 Å². The number of rotatable bonds is 5. The molecule has 0 bridgehead atoms. The van der Waals surface area contributed by atoms with Crippen molar-refractivity contribution in [3.05, 3.63) is 0 Å². The molecule has 0 spiro atoms. The fraction of sp³-hybridized carbons (Fsp3) is 1.00. The molecule has 0 aliphatic rings. The van der Waals surface area contributed by atoms with E-state index in [1.807, 2.05) is 20.8 Å². The molecule has 0 fully saturated rings. The molecule has 3 N–H and O–H groups in total. The number of hydrogen-bond acceptors (Lipinski definition) is 3. The first-order chi connectivity index (χ1) is 5.33. The molecule has 0 aromatic heterocycles. The van der Waals surface area contributed by atoms with Crippen LogP contribution in [0.5, 0.6) is 0 Å². The monoisotopic (exact) mass is 175 g/mol. The first kappa shape index (κ1) is 11.9. The highest BCUT2D eigenvalue weighted by Crippen LogP contribution is 2.09. The van der Waals surface area contributed by atoms with E-state index < -0.39 is 5.60 Å². The van der Waals surface area contributed by atoms with Gasteiger partial charge in [0.15, 0.2) is 0 Å². The van der Waals surface area contributed by atoms with Gasteiger partial charge in [-0.15, -0.1) is 0 Å². The summed E-state index contributed by atoms with van der Waals surface area (Å²) in [5, 5.41) is 21.7. The molecule has 1 atom stereocenters. The van der Waals surface area contributed by atoms with Crippen LogP contribution in [0.25, 0.3) is 0 Å². The van der Waals surface area contributed by atoms with Crippen LogP contribution < -0.4 is 5.32 Å². The zero-order valence-corrected chi connectivity index (χ0v) is 8.52. The van der Waals surface area contributed by atoms with E-state index in [9.17, 15) is 5.11 Å². The SMILES string of the molecule is CCC(C)(O)CNC(C)(C)CO. The van der Waals surface area contributed by atoms with Crippen molar-refractivity contribution in [2.45, 2.75) is 45.3 Å². The second-order valence-corrected chi connectivity index (χ2v) is 4.25. The van der Waals surface area contributed by atoms with E-state index in [4.69, 9.17) is 5.11 Å². The van der Waals surface area contributed by atoms with Crippen molar-refractivity contribution >= 4 is 0 Å². The molecular formula is C9H21NO2. The lowest BCUT2D eigenvalue weighted by atomic mass is 10.0. The van der Waals surface area contributed by atoms with Crippen molar-refractivity contribution in [2.75, 3.05) is 13.2 Å². The predicted molar refractivity (Wildman–Crippen MR) is 50.1 cm³/mol. The Hall–Kier alpha value is -0.120. The normalized spacial score (nSPS) is 17.5. The molecule has 3 heteroatoms. The van der Waals surface area contributed by atoms with Crippen LogP contribution in [-0.4, -0.2) is 34.5 Å². The largest absolute Gasteiger partial charge is 0.394 e. The van der Waals surface area contributed by atoms with E-state index in [0.29, 0.717) is 13.0 Å². The van der Waals surface area contributed by atoms with Crippen molar-refractivity contribution in [3.63, 3.8) is 0 Å². The number of hydrogen-bond donors (Lipinski definition) is 3. The van der Waals surface area contributed by atoms with E-state index >= 15 is 0 Å². The molecule has 0 amide bonds. The molecule has 0 rings (SSSR count). The topological polar surface area (TPSA) is 52.5 Å². The van der Waals surface area contributed by atoms with Gasteiger partial charge in [0.1, 0.15) is 0 Å². The lowest BCUT2D eigenvalue weighted by Crippen LogP contribution is -2.49. The number of β-amino-alcohol motifs (C(OH)–C–C–N with tert-alkyl or cyclic N) is 1. The standard InChI is InChI=1S/C9H21NO2/c1-5-9(4,12)6-10-8(2,3)7-11/h10-12H,5-7H2,1-4H3. The van der Waals surface area contributed by atoms with Gasteiger partial charge in [0.2, 0.25) is 0 Å². The molecule has 0 saturated carbocycles. The average Bonchev–Trinajstić information content (AvgIpc) is 2.02. The maximum atomic E-state index is 9.64. The minimum Gasteiger partial charge on any atom is -0.394 e. The van der Waals surface area contributed by atoms with Crippen molar-refractivity contribution in [1.29, 1.82) is 0 Å². The molecule has 1 unspecified atom stereocenters. The van der Waals surface area contributed by atoms with Gasteiger partial charge in [0, 0.05) is 12.1 Å². The van der Waals surface area contributed by atoms with Crippen molar-refractivity contribution in [3.8, 4) is 0 Å². The first-order valence-corrected chi connectivity index (χ1v) is 4.41. The fourth-order valence-electron chi connectivity index (χ4n) is 0.611. The molecule has 0 aliphatic heterocycles. The maximum Gasteiger partial charge on any atom is 0.0741 e. The van der Waals surface area contributed by atoms with Crippen molar-refractivity contribution in [1.82, 2.24) is 5.32 Å². The predicted octanol–water partition coefficient (Wildman–Crippen LogP) is 0.508. The summed E-state index contributed by atoms with van der Waals surface area (Å²) < 4.78 is 0. The Labute approximate surface area is 74.8 Å². The summed E-state index contributed by atoms with van der Waals surface area (Å²) in [5.74, 6) is 0. The zero-order chi connectivity index (χ0) is 9.83. The Morgan fingerprint density at radius 3 is 2.08 bits per heavy atom. The van der Waals surface area contributed by atoms with Gasteiger partial charge in [-0.2, -0.15) is 0 Å². The van der Waals surface area contributed by atoms with E-state index in [0.717, 1.165) is 0 Å². The molecule has 0 heterocycles. The highest BCUT2D eigenvalue weighted by molar-refractivity contribution is 4.82. The second-order valence-electron chi connectivity index (χ2n) is 4.25. The van der Waals surface area contributed by atoms with Gasteiger partial charge in [0.05, 0.1) is 12.2 Å². The number of aliphatic hydroxyl groups is 2. The Balaban J connectivity index is 3.82. The summed E-state index contributed by atoms with van der Waals surface area (Å²) in [6.07, 6.45) is 0.710. The zero-order valence-electron chi connectivity index (χ0n) is 8.52. The minimum atomic E-state index is -0.674. The van der Waals surface area contributed by atoms with Gasteiger partial charge in [-0.3, -0.25) is 0 Å². The van der Waals surface area contributed by atoms with Crippen LogP contribution in [0, 0.1) is 0 Å². The first-order valence-electron chi connectivity index (χ1n) is 4.41. The Kier molecular flexibility index (Phi) is 4.17. The molecule has 12 heavy (non-hydrogen) atoms. The Morgan fingerprint density at radius 1 is 1.25 bits per heavy atom. The highest BCUT2D eigenvalue weighted by atomic mass is 16.3. The van der Waals surface area contributed by atoms with Crippen LogP contribution in [0.3, 0.4) is 0 Å². The molecule has 3 nitrogen and oxygen atoms in total. The summed E-state index contributed by atoms with van der Waals surface area (Å²) in [5.41, 5.74) is -0.981. The fourth-order valence-corrected chi connectivity index (χ4v) is 0.611. The van der Waals surface area contributed by atoms with Gasteiger partial charge in [-0.1, -0.05) is 6.92 Å². The van der Waals surface area contributed by atoms with Gasteiger partial charge < -0.3 is 15.5 Å². The van der Waals surface area contributed by atoms with E-state index in [1.54, 1.807) is 6.92 Å². The smallest absolute Gasteiger partial charge is 0.0741 e. The van der Waals surface area contributed by atoms with Crippen LogP contribution in [-0.2, 0) is 0 Å². The third-order valence-corrected chi connectivity index (χ3v) is 2.10.